The van der Waals surface area contributed by atoms with E-state index in [4.69, 9.17) is 4.74 Å². The second-order valence-electron chi connectivity index (χ2n) is 9.48. The summed E-state index contributed by atoms with van der Waals surface area (Å²) >= 11 is 0. The van der Waals surface area contributed by atoms with Crippen molar-refractivity contribution in [2.45, 2.75) is 76.6 Å². The monoisotopic (exact) mass is 417 g/mol. The van der Waals surface area contributed by atoms with E-state index in [9.17, 15) is 14.7 Å². The molecule has 7 heteroatoms. The van der Waals surface area contributed by atoms with Crippen molar-refractivity contribution in [1.82, 2.24) is 15.1 Å². The Morgan fingerprint density at radius 3 is 2.57 bits per heavy atom. The van der Waals surface area contributed by atoms with E-state index < -0.39 is 11.7 Å². The number of nitrogens with one attached hydrogen (secondary N) is 1. The highest BCUT2D eigenvalue weighted by molar-refractivity contribution is 5.68. The highest BCUT2D eigenvalue weighted by Gasteiger charge is 2.35. The van der Waals surface area contributed by atoms with Gasteiger partial charge in [-0.2, -0.15) is 0 Å². The Bertz CT molecular complexity index is 719. The molecule has 166 valence electrons. The molecular weight excluding hydrogens is 382 g/mol. The van der Waals surface area contributed by atoms with Crippen LogP contribution in [0.2, 0.25) is 0 Å². The van der Waals surface area contributed by atoms with E-state index in [1.54, 1.807) is 4.90 Å². The van der Waals surface area contributed by atoms with Crippen LogP contribution in [0.1, 0.15) is 52.0 Å². The summed E-state index contributed by atoms with van der Waals surface area (Å²) in [6, 6.07) is 10.5. The molecule has 0 saturated carbocycles. The molecule has 2 aliphatic heterocycles. The van der Waals surface area contributed by atoms with Gasteiger partial charge in [0, 0.05) is 37.8 Å². The molecule has 2 saturated heterocycles. The molecule has 1 aromatic rings. The maximum Gasteiger partial charge on any atom is 0.407 e. The Balaban J connectivity index is 1.61. The van der Waals surface area contributed by atoms with Gasteiger partial charge in [0.1, 0.15) is 5.60 Å². The maximum atomic E-state index is 12.1. The molecule has 2 aliphatic rings. The summed E-state index contributed by atoms with van der Waals surface area (Å²) in [7, 11) is 0. The number of likely N-dealkylation sites (tertiary alicyclic amines) is 2. The smallest absolute Gasteiger partial charge is 0.407 e. The number of carboxylic acid groups (broad SMARTS) is 1. The van der Waals surface area contributed by atoms with Crippen LogP contribution in [0.5, 0.6) is 0 Å². The molecule has 3 atom stereocenters. The summed E-state index contributed by atoms with van der Waals surface area (Å²) in [5.74, 6) is 0. The van der Waals surface area contributed by atoms with E-state index in [0.29, 0.717) is 12.6 Å². The zero-order chi connectivity index (χ0) is 21.7. The van der Waals surface area contributed by atoms with Gasteiger partial charge in [0.2, 0.25) is 0 Å². The first-order chi connectivity index (χ1) is 14.2. The maximum absolute atomic E-state index is 12.1. The molecule has 0 radical (unpaired) electrons. The van der Waals surface area contributed by atoms with Crippen molar-refractivity contribution >= 4 is 12.2 Å². The number of ether oxygens (including phenoxy) is 1. The summed E-state index contributed by atoms with van der Waals surface area (Å²) in [6.45, 7) is 7.86. The summed E-state index contributed by atoms with van der Waals surface area (Å²) in [5.41, 5.74) is 0.662. The van der Waals surface area contributed by atoms with Gasteiger partial charge >= 0.3 is 12.2 Å². The van der Waals surface area contributed by atoms with Gasteiger partial charge in [-0.3, -0.25) is 4.90 Å². The van der Waals surface area contributed by atoms with E-state index in [-0.39, 0.29) is 18.2 Å². The third kappa shape index (κ3) is 6.36. The van der Waals surface area contributed by atoms with E-state index >= 15 is 0 Å². The van der Waals surface area contributed by atoms with Crippen LogP contribution in [0.15, 0.2) is 30.3 Å². The number of rotatable bonds is 4. The first kappa shape index (κ1) is 22.4. The highest BCUT2D eigenvalue weighted by atomic mass is 16.6. The number of hydrogen-bond donors (Lipinski definition) is 2. The normalized spacial score (nSPS) is 25.6. The number of alkyl carbamates (subject to hydrolysis) is 1. The van der Waals surface area contributed by atoms with E-state index in [1.165, 1.54) is 5.56 Å². The van der Waals surface area contributed by atoms with Crippen LogP contribution in [0.3, 0.4) is 0 Å². The van der Waals surface area contributed by atoms with Gasteiger partial charge in [0.25, 0.3) is 0 Å². The fourth-order valence-electron chi connectivity index (χ4n) is 4.61. The molecule has 1 aromatic carbocycles. The quantitative estimate of drug-likeness (QED) is 0.780. The fraction of sp³-hybridized carbons (Fsp3) is 0.652. The lowest BCUT2D eigenvalue weighted by Gasteiger charge is -2.32. The van der Waals surface area contributed by atoms with E-state index in [1.807, 2.05) is 39.0 Å². The van der Waals surface area contributed by atoms with Crippen molar-refractivity contribution in [3.63, 3.8) is 0 Å². The van der Waals surface area contributed by atoms with Crippen LogP contribution in [0.25, 0.3) is 0 Å². The lowest BCUT2D eigenvalue weighted by atomic mass is 9.97. The number of carbonyl (C=O) groups excluding carboxylic acids is 1. The topological polar surface area (TPSA) is 82.1 Å². The molecule has 0 bridgehead atoms. The number of nitrogens with zero attached hydrogens (tertiary/aromatic N) is 2. The molecule has 7 nitrogen and oxygen atoms in total. The third-order valence-corrected chi connectivity index (χ3v) is 5.94. The van der Waals surface area contributed by atoms with Gasteiger partial charge in [-0.15, -0.1) is 0 Å². The van der Waals surface area contributed by atoms with Crippen molar-refractivity contribution < 1.29 is 19.4 Å². The zero-order valence-electron chi connectivity index (χ0n) is 18.3. The Hall–Kier alpha value is -2.28. The fourth-order valence-corrected chi connectivity index (χ4v) is 4.61. The molecule has 0 aromatic heterocycles. The van der Waals surface area contributed by atoms with Crippen molar-refractivity contribution in [2.24, 2.45) is 0 Å². The molecule has 30 heavy (non-hydrogen) atoms. The number of amides is 2. The average molecular weight is 418 g/mol. The van der Waals surface area contributed by atoms with Gasteiger partial charge < -0.3 is 20.1 Å². The van der Waals surface area contributed by atoms with Gasteiger partial charge in [-0.25, -0.2) is 9.59 Å². The van der Waals surface area contributed by atoms with Gasteiger partial charge in [-0.05, 0) is 58.4 Å². The molecule has 0 spiro atoms. The van der Waals surface area contributed by atoms with Crippen LogP contribution in [0, 0.1) is 0 Å². The van der Waals surface area contributed by atoms with Gasteiger partial charge in [0.05, 0.1) is 0 Å². The van der Waals surface area contributed by atoms with Crippen LogP contribution in [-0.4, -0.2) is 70.5 Å². The van der Waals surface area contributed by atoms with Crippen molar-refractivity contribution in [3.8, 4) is 0 Å². The molecule has 3 rings (SSSR count). The zero-order valence-corrected chi connectivity index (χ0v) is 18.3. The summed E-state index contributed by atoms with van der Waals surface area (Å²) in [5, 5.41) is 12.7. The largest absolute Gasteiger partial charge is 0.465 e. The van der Waals surface area contributed by atoms with Crippen LogP contribution in [-0.2, 0) is 11.2 Å². The highest BCUT2D eigenvalue weighted by Crippen LogP contribution is 2.27. The van der Waals surface area contributed by atoms with Crippen LogP contribution < -0.4 is 5.32 Å². The number of carbonyl (C=O) groups is 2. The van der Waals surface area contributed by atoms with Crippen LogP contribution in [0.4, 0.5) is 9.59 Å². The molecule has 2 heterocycles. The Morgan fingerprint density at radius 2 is 1.90 bits per heavy atom. The van der Waals surface area contributed by atoms with Crippen LogP contribution >= 0.6 is 0 Å². The minimum absolute atomic E-state index is 0.0322. The minimum Gasteiger partial charge on any atom is -0.465 e. The standard InChI is InChI=1S/C23H35N3O4/c1-23(2,3)30-21(27)24-18-11-13-25(16-18)19-10-7-12-26(22(28)29)20(15-19)14-17-8-5-4-6-9-17/h4-6,8-9,18-20H,7,10-16H2,1-3H3,(H,24,27)(H,28,29)/t18-,19-,20?/m1/s1. The second kappa shape index (κ2) is 9.69. The lowest BCUT2D eigenvalue weighted by Crippen LogP contribution is -2.45. The van der Waals surface area contributed by atoms with Crippen molar-refractivity contribution in [1.29, 1.82) is 0 Å². The summed E-state index contributed by atoms with van der Waals surface area (Å²) in [4.78, 5) is 28.0. The molecule has 2 amide bonds. The first-order valence-corrected chi connectivity index (χ1v) is 11.0. The van der Waals surface area contributed by atoms with Gasteiger partial charge in [0.15, 0.2) is 0 Å². The third-order valence-electron chi connectivity index (χ3n) is 5.94. The summed E-state index contributed by atoms with van der Waals surface area (Å²) in [6.07, 6.45) is 3.09. The minimum atomic E-state index is -0.831. The Kier molecular flexibility index (Phi) is 7.23. The van der Waals surface area contributed by atoms with Crippen molar-refractivity contribution in [3.05, 3.63) is 35.9 Å². The lowest BCUT2D eigenvalue weighted by molar-refractivity contribution is 0.0503. The first-order valence-electron chi connectivity index (χ1n) is 11.0. The predicted molar refractivity (Wildman–Crippen MR) is 116 cm³/mol. The van der Waals surface area contributed by atoms with E-state index in [0.717, 1.165) is 45.2 Å². The summed E-state index contributed by atoms with van der Waals surface area (Å²) < 4.78 is 5.38. The SMILES string of the molecule is CC(C)(C)OC(=O)N[C@@H]1CCN([C@@H]2CCCN(C(=O)O)C(Cc3ccccc3)C2)C1. The molecule has 1 unspecified atom stereocenters. The Morgan fingerprint density at radius 1 is 1.17 bits per heavy atom. The molecule has 2 fully saturated rings. The van der Waals surface area contributed by atoms with Gasteiger partial charge in [-0.1, -0.05) is 30.3 Å². The average Bonchev–Trinajstić information content (AvgIpc) is 3.00. The predicted octanol–water partition coefficient (Wildman–Crippen LogP) is 3.73. The second-order valence-corrected chi connectivity index (χ2v) is 9.48. The molecule has 0 aliphatic carbocycles. The molecule has 2 N–H and O–H groups in total. The number of benzene rings is 1. The Labute approximate surface area is 179 Å². The van der Waals surface area contributed by atoms with Crippen molar-refractivity contribution in [2.75, 3.05) is 19.6 Å². The molecular formula is C23H35N3O4. The number of hydrogen-bond acceptors (Lipinski definition) is 4. The van der Waals surface area contributed by atoms with E-state index in [2.05, 4.69) is 22.3 Å².